The van der Waals surface area contributed by atoms with Crippen molar-refractivity contribution in [2.75, 3.05) is 6.61 Å². The van der Waals surface area contributed by atoms with Crippen LogP contribution in [0.1, 0.15) is 15.9 Å². The molecule has 3 nitrogen and oxygen atoms in total. The van der Waals surface area contributed by atoms with Gasteiger partial charge in [-0.05, 0) is 36.4 Å². The van der Waals surface area contributed by atoms with Gasteiger partial charge in [0.1, 0.15) is 5.82 Å². The summed E-state index contributed by atoms with van der Waals surface area (Å²) in [5.41, 5.74) is 0.512. The number of halogens is 3. The fourth-order valence-corrected chi connectivity index (χ4v) is 2.37. The molecule has 0 saturated carbocycles. The molecule has 0 aliphatic carbocycles. The van der Waals surface area contributed by atoms with Crippen molar-refractivity contribution in [3.8, 4) is 0 Å². The lowest BCUT2D eigenvalue weighted by Crippen LogP contribution is -2.12. The van der Waals surface area contributed by atoms with Crippen molar-refractivity contribution >= 4 is 45.4 Å². The standard InChI is InChI=1S/C17H11BrClFO3/c18-12-6-7-15(20)11(9-12)5-8-17(22)23-10-16(21)13-3-1-2-4-14(13)19/h1-9H,10H2/b8-5+. The van der Waals surface area contributed by atoms with Crippen LogP contribution in [0.15, 0.2) is 53.0 Å². The number of hydrogen-bond donors (Lipinski definition) is 0. The van der Waals surface area contributed by atoms with Crippen LogP contribution in [-0.4, -0.2) is 18.4 Å². The number of rotatable bonds is 5. The topological polar surface area (TPSA) is 43.4 Å². The Kier molecular flexibility index (Phi) is 6.07. The van der Waals surface area contributed by atoms with Crippen LogP contribution in [0.5, 0.6) is 0 Å². The zero-order chi connectivity index (χ0) is 16.8. The molecule has 0 N–H and O–H groups in total. The second-order valence-electron chi connectivity index (χ2n) is 4.51. The van der Waals surface area contributed by atoms with Crippen molar-refractivity contribution in [3.05, 3.63) is 75.0 Å². The van der Waals surface area contributed by atoms with E-state index in [0.29, 0.717) is 9.50 Å². The third-order valence-electron chi connectivity index (χ3n) is 2.88. The van der Waals surface area contributed by atoms with Crippen LogP contribution in [0.2, 0.25) is 5.02 Å². The van der Waals surface area contributed by atoms with Gasteiger partial charge in [0, 0.05) is 21.7 Å². The van der Waals surface area contributed by atoms with Gasteiger partial charge in [-0.25, -0.2) is 9.18 Å². The molecule has 23 heavy (non-hydrogen) atoms. The fraction of sp³-hybridized carbons (Fsp3) is 0.0588. The van der Waals surface area contributed by atoms with Gasteiger partial charge in [0.15, 0.2) is 6.61 Å². The summed E-state index contributed by atoms with van der Waals surface area (Å²) < 4.78 is 19.0. The van der Waals surface area contributed by atoms with E-state index in [1.54, 1.807) is 30.3 Å². The fourth-order valence-electron chi connectivity index (χ4n) is 1.75. The van der Waals surface area contributed by atoms with Gasteiger partial charge in [0.25, 0.3) is 0 Å². The van der Waals surface area contributed by atoms with Crippen molar-refractivity contribution in [2.45, 2.75) is 0 Å². The first-order valence-corrected chi connectivity index (χ1v) is 7.72. The van der Waals surface area contributed by atoms with Crippen LogP contribution in [0.25, 0.3) is 6.08 Å². The molecule has 0 atom stereocenters. The Morgan fingerprint density at radius 2 is 1.96 bits per heavy atom. The van der Waals surface area contributed by atoms with Crippen molar-refractivity contribution in [3.63, 3.8) is 0 Å². The maximum Gasteiger partial charge on any atom is 0.331 e. The molecule has 2 aromatic carbocycles. The summed E-state index contributed by atoms with van der Waals surface area (Å²) >= 11 is 9.10. The molecule has 0 radical (unpaired) electrons. The van der Waals surface area contributed by atoms with Crippen LogP contribution in [0.4, 0.5) is 4.39 Å². The molecule has 0 aliphatic heterocycles. The van der Waals surface area contributed by atoms with Crippen LogP contribution >= 0.6 is 27.5 Å². The van der Waals surface area contributed by atoms with E-state index in [1.165, 1.54) is 18.2 Å². The van der Waals surface area contributed by atoms with Gasteiger partial charge < -0.3 is 4.74 Å². The zero-order valence-electron chi connectivity index (χ0n) is 11.8. The normalized spacial score (nSPS) is 10.7. The van der Waals surface area contributed by atoms with Gasteiger partial charge in [-0.15, -0.1) is 0 Å². The van der Waals surface area contributed by atoms with Gasteiger partial charge in [-0.1, -0.05) is 39.7 Å². The molecule has 0 unspecified atom stereocenters. The number of esters is 1. The Morgan fingerprint density at radius 1 is 1.22 bits per heavy atom. The van der Waals surface area contributed by atoms with E-state index >= 15 is 0 Å². The van der Waals surface area contributed by atoms with E-state index in [4.69, 9.17) is 16.3 Å². The number of carbonyl (C=O) groups is 2. The highest BCUT2D eigenvalue weighted by Crippen LogP contribution is 2.17. The lowest BCUT2D eigenvalue weighted by molar-refractivity contribution is -0.136. The number of benzene rings is 2. The molecule has 0 spiro atoms. The van der Waals surface area contributed by atoms with Gasteiger partial charge in [-0.2, -0.15) is 0 Å². The minimum absolute atomic E-state index is 0.230. The van der Waals surface area contributed by atoms with Crippen LogP contribution in [0.3, 0.4) is 0 Å². The quantitative estimate of drug-likeness (QED) is 0.418. The molecule has 0 fully saturated rings. The molecule has 2 rings (SSSR count). The summed E-state index contributed by atoms with van der Waals surface area (Å²) in [5.74, 6) is -1.62. The maximum absolute atomic E-state index is 13.5. The Balaban J connectivity index is 1.95. The summed E-state index contributed by atoms with van der Waals surface area (Å²) in [6.45, 7) is -0.437. The molecule has 2 aromatic rings. The monoisotopic (exact) mass is 396 g/mol. The maximum atomic E-state index is 13.5. The predicted octanol–water partition coefficient (Wildman–Crippen LogP) is 4.68. The summed E-state index contributed by atoms with van der Waals surface area (Å²) in [6, 6.07) is 10.8. The first kappa shape index (κ1) is 17.4. The van der Waals surface area contributed by atoms with Crippen LogP contribution < -0.4 is 0 Å². The molecule has 0 bridgehead atoms. The minimum Gasteiger partial charge on any atom is -0.454 e. The SMILES string of the molecule is O=C(/C=C/c1cc(Br)ccc1F)OCC(=O)c1ccccc1Cl. The van der Waals surface area contributed by atoms with Crippen LogP contribution in [0, 0.1) is 5.82 Å². The van der Waals surface area contributed by atoms with Crippen LogP contribution in [-0.2, 0) is 9.53 Å². The van der Waals surface area contributed by atoms with E-state index in [1.807, 2.05) is 0 Å². The Morgan fingerprint density at radius 3 is 2.70 bits per heavy atom. The average molecular weight is 398 g/mol. The number of hydrogen-bond acceptors (Lipinski definition) is 3. The number of ether oxygens (including phenoxy) is 1. The van der Waals surface area contributed by atoms with Crippen molar-refractivity contribution < 1.29 is 18.7 Å². The van der Waals surface area contributed by atoms with Gasteiger partial charge in [-0.3, -0.25) is 4.79 Å². The van der Waals surface area contributed by atoms with Gasteiger partial charge >= 0.3 is 5.97 Å². The molecular weight excluding hydrogens is 387 g/mol. The largest absolute Gasteiger partial charge is 0.454 e. The third-order valence-corrected chi connectivity index (χ3v) is 3.70. The van der Waals surface area contributed by atoms with Crippen molar-refractivity contribution in [2.24, 2.45) is 0 Å². The van der Waals surface area contributed by atoms with Crippen molar-refractivity contribution in [1.29, 1.82) is 0 Å². The second-order valence-corrected chi connectivity index (χ2v) is 5.83. The van der Waals surface area contributed by atoms with E-state index in [0.717, 1.165) is 6.08 Å². The smallest absolute Gasteiger partial charge is 0.331 e. The molecule has 0 heterocycles. The zero-order valence-corrected chi connectivity index (χ0v) is 14.1. The summed E-state index contributed by atoms with van der Waals surface area (Å²) in [5, 5.41) is 0.292. The molecule has 0 aromatic heterocycles. The molecule has 0 saturated heterocycles. The summed E-state index contributed by atoms with van der Waals surface area (Å²) in [7, 11) is 0. The highest BCUT2D eigenvalue weighted by atomic mass is 79.9. The van der Waals surface area contributed by atoms with E-state index in [-0.39, 0.29) is 11.1 Å². The molecule has 0 amide bonds. The van der Waals surface area contributed by atoms with E-state index in [2.05, 4.69) is 15.9 Å². The molecule has 6 heteroatoms. The average Bonchev–Trinajstić information content (AvgIpc) is 2.54. The Labute approximate surface area is 145 Å². The first-order chi connectivity index (χ1) is 11.0. The minimum atomic E-state index is -0.746. The Bertz CT molecular complexity index is 774. The first-order valence-electron chi connectivity index (χ1n) is 6.55. The second kappa shape index (κ2) is 8.04. The number of ketones is 1. The highest BCUT2D eigenvalue weighted by Gasteiger charge is 2.11. The number of carbonyl (C=O) groups excluding carboxylic acids is 2. The number of Topliss-reactive ketones (excluding diaryl/α,β-unsaturated/α-hetero) is 1. The lowest BCUT2D eigenvalue weighted by Gasteiger charge is -2.03. The molecular formula is C17H11BrClFO3. The van der Waals surface area contributed by atoms with Gasteiger partial charge in [0.05, 0.1) is 5.02 Å². The molecule has 118 valence electrons. The molecule has 0 aliphatic rings. The highest BCUT2D eigenvalue weighted by molar-refractivity contribution is 9.10. The van der Waals surface area contributed by atoms with E-state index in [9.17, 15) is 14.0 Å². The predicted molar refractivity (Wildman–Crippen MR) is 89.9 cm³/mol. The summed E-state index contributed by atoms with van der Waals surface area (Å²) in [4.78, 5) is 23.5. The van der Waals surface area contributed by atoms with Crippen molar-refractivity contribution in [1.82, 2.24) is 0 Å². The third kappa shape index (κ3) is 5.01. The summed E-state index contributed by atoms with van der Waals surface area (Å²) in [6.07, 6.45) is 2.34. The van der Waals surface area contributed by atoms with Gasteiger partial charge in [0.2, 0.25) is 5.78 Å². The van der Waals surface area contributed by atoms with E-state index < -0.39 is 24.2 Å². The lowest BCUT2D eigenvalue weighted by atomic mass is 10.1. The Hall–Kier alpha value is -1.98.